The Morgan fingerprint density at radius 2 is 1.71 bits per heavy atom. The molecule has 3 aromatic carbocycles. The van der Waals surface area contributed by atoms with Gasteiger partial charge in [-0.2, -0.15) is 5.10 Å². The summed E-state index contributed by atoms with van der Waals surface area (Å²) in [5.74, 6) is -0.595. The van der Waals surface area contributed by atoms with Crippen LogP contribution in [0, 0.1) is 6.92 Å². The summed E-state index contributed by atoms with van der Waals surface area (Å²) in [5.41, 5.74) is 5.38. The molecule has 0 saturated carbocycles. The van der Waals surface area contributed by atoms with E-state index in [9.17, 15) is 9.59 Å². The van der Waals surface area contributed by atoms with Gasteiger partial charge in [-0.25, -0.2) is 5.43 Å². The molecule has 0 aliphatic rings. The van der Waals surface area contributed by atoms with Gasteiger partial charge in [0.05, 0.1) is 11.2 Å². The number of hydrogen-bond donors (Lipinski definition) is 2. The fourth-order valence-electron chi connectivity index (χ4n) is 3.06. The quantitative estimate of drug-likeness (QED) is 0.324. The number of benzene rings is 3. The van der Waals surface area contributed by atoms with E-state index < -0.39 is 24.0 Å². The van der Waals surface area contributed by atoms with Crippen LogP contribution in [0.4, 0.5) is 0 Å². The van der Waals surface area contributed by atoms with Crippen molar-refractivity contribution in [3.8, 4) is 5.75 Å². The maximum Gasteiger partial charge on any atom is 0.262 e. The number of ether oxygens (including phenoxy) is 1. The summed E-state index contributed by atoms with van der Waals surface area (Å²) < 4.78 is 5.68. The van der Waals surface area contributed by atoms with Gasteiger partial charge in [0, 0.05) is 11.4 Å². The summed E-state index contributed by atoms with van der Waals surface area (Å²) in [6.45, 7) is 3.57. The van der Waals surface area contributed by atoms with Gasteiger partial charge in [-0.1, -0.05) is 83.4 Å². The van der Waals surface area contributed by atoms with Crippen LogP contribution in [0.5, 0.6) is 5.75 Å². The second-order valence-corrected chi connectivity index (χ2v) is 8.57. The molecule has 0 aromatic heterocycles. The smallest absolute Gasteiger partial charge is 0.262 e. The van der Waals surface area contributed by atoms with Crippen molar-refractivity contribution in [2.24, 2.45) is 5.10 Å². The van der Waals surface area contributed by atoms with E-state index >= 15 is 0 Å². The fourth-order valence-corrected chi connectivity index (χ4v) is 3.52. The number of hydrazone groups is 1. The zero-order chi connectivity index (χ0) is 24.5. The predicted molar refractivity (Wildman–Crippen MR) is 136 cm³/mol. The molecule has 0 heterocycles. The van der Waals surface area contributed by atoms with Gasteiger partial charge >= 0.3 is 0 Å². The molecular formula is C26H25Cl2N3O3. The number of aryl methyl sites for hydroxylation is 1. The maximum atomic E-state index is 12.9. The van der Waals surface area contributed by atoms with Crippen LogP contribution in [0.25, 0.3) is 0 Å². The van der Waals surface area contributed by atoms with E-state index in [-0.39, 0.29) is 11.4 Å². The van der Waals surface area contributed by atoms with Gasteiger partial charge < -0.3 is 10.1 Å². The molecule has 0 bridgehead atoms. The van der Waals surface area contributed by atoms with E-state index in [1.165, 1.54) is 6.07 Å². The van der Waals surface area contributed by atoms with Crippen LogP contribution in [0.15, 0.2) is 77.9 Å². The van der Waals surface area contributed by atoms with Crippen molar-refractivity contribution in [2.45, 2.75) is 32.4 Å². The highest BCUT2D eigenvalue weighted by atomic mass is 35.5. The Labute approximate surface area is 208 Å². The summed E-state index contributed by atoms with van der Waals surface area (Å²) in [5, 5.41) is 7.54. The average molecular weight is 498 g/mol. The minimum absolute atomic E-state index is 0.285. The van der Waals surface area contributed by atoms with E-state index in [0.717, 1.165) is 16.7 Å². The molecule has 6 nitrogen and oxygen atoms in total. The second-order valence-electron chi connectivity index (χ2n) is 7.73. The van der Waals surface area contributed by atoms with Crippen molar-refractivity contribution in [3.05, 3.63) is 99.5 Å². The van der Waals surface area contributed by atoms with Crippen LogP contribution in [-0.2, 0) is 16.0 Å². The molecule has 0 spiro atoms. The topological polar surface area (TPSA) is 79.8 Å². The monoisotopic (exact) mass is 497 g/mol. The van der Waals surface area contributed by atoms with Crippen molar-refractivity contribution < 1.29 is 14.3 Å². The Balaban J connectivity index is 1.68. The lowest BCUT2D eigenvalue weighted by Crippen LogP contribution is -2.50. The van der Waals surface area contributed by atoms with Gasteiger partial charge in [0.25, 0.3) is 11.8 Å². The molecular weight excluding hydrogens is 473 g/mol. The van der Waals surface area contributed by atoms with Crippen molar-refractivity contribution in [3.63, 3.8) is 0 Å². The molecule has 3 aromatic rings. The minimum Gasteiger partial charge on any atom is -0.479 e. The van der Waals surface area contributed by atoms with Crippen LogP contribution < -0.4 is 15.5 Å². The first-order valence-electron chi connectivity index (χ1n) is 10.7. The zero-order valence-corrected chi connectivity index (χ0v) is 20.3. The van der Waals surface area contributed by atoms with E-state index in [1.54, 1.807) is 25.3 Å². The average Bonchev–Trinajstić information content (AvgIpc) is 2.82. The SMILES string of the molecule is Cc1ccc(/C=N\NC(=O)[C@H](Cc2ccccc2)NC(=O)[C@@H](C)Oc2ccc(Cl)cc2Cl)cc1. The molecule has 8 heteroatoms. The van der Waals surface area contributed by atoms with Gasteiger partial charge in [0.2, 0.25) is 0 Å². The lowest BCUT2D eigenvalue weighted by molar-refractivity contribution is -0.132. The number of nitrogens with one attached hydrogen (secondary N) is 2. The Hall–Kier alpha value is -3.35. The Morgan fingerprint density at radius 1 is 1.00 bits per heavy atom. The Morgan fingerprint density at radius 3 is 2.38 bits per heavy atom. The van der Waals surface area contributed by atoms with E-state index in [0.29, 0.717) is 10.8 Å². The maximum absolute atomic E-state index is 12.9. The van der Waals surface area contributed by atoms with Gasteiger partial charge in [-0.05, 0) is 43.2 Å². The summed E-state index contributed by atoms with van der Waals surface area (Å²) in [6.07, 6.45) is 0.931. The molecule has 0 aliphatic heterocycles. The third-order valence-electron chi connectivity index (χ3n) is 4.95. The molecule has 0 saturated heterocycles. The van der Waals surface area contributed by atoms with Gasteiger partial charge in [-0.3, -0.25) is 9.59 Å². The zero-order valence-electron chi connectivity index (χ0n) is 18.8. The molecule has 2 atom stereocenters. The largest absolute Gasteiger partial charge is 0.479 e. The van der Waals surface area contributed by atoms with Crippen LogP contribution in [-0.4, -0.2) is 30.2 Å². The van der Waals surface area contributed by atoms with Crippen molar-refractivity contribution in [1.29, 1.82) is 0 Å². The number of amides is 2. The predicted octanol–water partition coefficient (Wildman–Crippen LogP) is 4.95. The number of carbonyl (C=O) groups is 2. The van der Waals surface area contributed by atoms with Crippen molar-refractivity contribution >= 4 is 41.2 Å². The standard InChI is InChI=1S/C26H25Cl2N3O3/c1-17-8-10-20(11-9-17)16-29-31-26(33)23(14-19-6-4-3-5-7-19)30-25(32)18(2)34-24-13-12-21(27)15-22(24)28/h3-13,15-16,18,23H,14H2,1-2H3,(H,30,32)(H,31,33)/b29-16-/t18-,23+/m1/s1. The number of halogens is 2. The first kappa shape index (κ1) is 25.3. The second kappa shape index (κ2) is 12.2. The molecule has 0 unspecified atom stereocenters. The first-order valence-corrected chi connectivity index (χ1v) is 11.4. The summed E-state index contributed by atoms with van der Waals surface area (Å²) in [7, 11) is 0. The van der Waals surface area contributed by atoms with E-state index in [4.69, 9.17) is 27.9 Å². The summed E-state index contributed by atoms with van der Waals surface area (Å²) in [4.78, 5) is 25.7. The molecule has 0 aliphatic carbocycles. The lowest BCUT2D eigenvalue weighted by Gasteiger charge is -2.21. The minimum atomic E-state index is -0.902. The van der Waals surface area contributed by atoms with Crippen LogP contribution in [0.3, 0.4) is 0 Å². The number of hydrogen-bond acceptors (Lipinski definition) is 4. The molecule has 2 N–H and O–H groups in total. The molecule has 176 valence electrons. The molecule has 0 radical (unpaired) electrons. The number of rotatable bonds is 9. The van der Waals surface area contributed by atoms with Crippen LogP contribution >= 0.6 is 23.2 Å². The van der Waals surface area contributed by atoms with Crippen molar-refractivity contribution in [2.75, 3.05) is 0 Å². The van der Waals surface area contributed by atoms with Crippen LogP contribution in [0.1, 0.15) is 23.6 Å². The highest BCUT2D eigenvalue weighted by Crippen LogP contribution is 2.28. The van der Waals surface area contributed by atoms with Crippen LogP contribution in [0.2, 0.25) is 10.0 Å². The van der Waals surface area contributed by atoms with E-state index in [1.807, 2.05) is 61.5 Å². The highest BCUT2D eigenvalue weighted by molar-refractivity contribution is 6.35. The Kier molecular flexibility index (Phi) is 9.08. The summed E-state index contributed by atoms with van der Waals surface area (Å²) in [6, 6.07) is 21.0. The lowest BCUT2D eigenvalue weighted by atomic mass is 10.1. The number of carbonyl (C=O) groups excluding carboxylic acids is 2. The van der Waals surface area contributed by atoms with Gasteiger partial charge in [0.15, 0.2) is 6.10 Å². The third-order valence-corrected chi connectivity index (χ3v) is 5.48. The fraction of sp³-hybridized carbons (Fsp3) is 0.192. The molecule has 34 heavy (non-hydrogen) atoms. The third kappa shape index (κ3) is 7.61. The first-order chi connectivity index (χ1) is 16.3. The number of nitrogens with zero attached hydrogens (tertiary/aromatic N) is 1. The summed E-state index contributed by atoms with van der Waals surface area (Å²) >= 11 is 12.0. The highest BCUT2D eigenvalue weighted by Gasteiger charge is 2.25. The van der Waals surface area contributed by atoms with Gasteiger partial charge in [0.1, 0.15) is 11.8 Å². The molecule has 3 rings (SSSR count). The molecule has 2 amide bonds. The normalized spacial score (nSPS) is 12.7. The Bertz CT molecular complexity index is 1150. The van der Waals surface area contributed by atoms with Gasteiger partial charge in [-0.15, -0.1) is 0 Å². The van der Waals surface area contributed by atoms with E-state index in [2.05, 4.69) is 15.8 Å². The molecule has 0 fully saturated rings. The van der Waals surface area contributed by atoms with Crippen molar-refractivity contribution in [1.82, 2.24) is 10.7 Å².